The van der Waals surface area contributed by atoms with Crippen LogP contribution in [-0.2, 0) is 0 Å². The molecule has 0 fully saturated rings. The number of nitrogens with zero attached hydrogens (tertiary/aromatic N) is 10. The number of hydrogen-bond donors (Lipinski definition) is 0. The van der Waals surface area contributed by atoms with E-state index in [1.807, 2.05) is 175 Å². The molecule has 108 heavy (non-hydrogen) atoms. The van der Waals surface area contributed by atoms with Crippen LogP contribution < -0.4 is 0 Å². The highest BCUT2D eigenvalue weighted by molar-refractivity contribution is 5.67. The van der Waals surface area contributed by atoms with Crippen molar-refractivity contribution >= 4 is 0 Å². The van der Waals surface area contributed by atoms with Gasteiger partial charge in [-0.2, -0.15) is 0 Å². The minimum Gasteiger partial charge on any atom is -0.264 e. The van der Waals surface area contributed by atoms with Crippen molar-refractivity contribution < 1.29 is 0 Å². The van der Waals surface area contributed by atoms with Gasteiger partial charge in [-0.1, -0.05) is 295 Å². The zero-order valence-corrected chi connectivity index (χ0v) is 64.6. The van der Waals surface area contributed by atoms with Crippen LogP contribution in [0.3, 0.4) is 0 Å². The minimum atomic E-state index is 0.822. The lowest BCUT2D eigenvalue weighted by Gasteiger charge is -2.04. The van der Waals surface area contributed by atoms with Gasteiger partial charge in [0.15, 0.2) is 0 Å². The number of rotatable bonds is 4. The smallest absolute Gasteiger partial charge is 0.125 e. The van der Waals surface area contributed by atoms with Crippen LogP contribution in [0.2, 0.25) is 0 Å². The summed E-state index contributed by atoms with van der Waals surface area (Å²) in [6, 6.07) is 111. The second-order valence-electron chi connectivity index (χ2n) is 24.5. The average Bonchev–Trinajstić information content (AvgIpc) is 0.884. The number of aromatic nitrogens is 10. The Kier molecular flexibility index (Phi) is 42.4. The molecule has 0 N–H and O–H groups in total. The van der Waals surface area contributed by atoms with E-state index in [1.54, 1.807) is 67.9 Å². The number of aryl methyl sites for hydroxylation is 12. The molecule has 0 radical (unpaired) electrons. The summed E-state index contributed by atoms with van der Waals surface area (Å²) in [4.78, 5) is 39.2. The fourth-order valence-corrected chi connectivity index (χ4v) is 9.22. The predicted octanol–water partition coefficient (Wildman–Crippen LogP) is 24.6. The van der Waals surface area contributed by atoms with Crippen LogP contribution in [0.5, 0.6) is 0 Å². The molecule has 0 amide bonds. The molecule has 10 nitrogen and oxygen atoms in total. The van der Waals surface area contributed by atoms with E-state index in [2.05, 4.69) is 286 Å². The van der Waals surface area contributed by atoms with Crippen molar-refractivity contribution in [3.05, 3.63) is 470 Å². The Morgan fingerprint density at radius 2 is 0.528 bits per heavy atom. The maximum absolute atomic E-state index is 4.29. The van der Waals surface area contributed by atoms with E-state index in [0.29, 0.717) is 0 Å². The van der Waals surface area contributed by atoms with Crippen molar-refractivity contribution in [2.75, 3.05) is 0 Å². The van der Waals surface area contributed by atoms with Gasteiger partial charge in [0.2, 0.25) is 0 Å². The summed E-state index contributed by atoms with van der Waals surface area (Å²) in [6.07, 6.45) is 21.0. The van der Waals surface area contributed by atoms with E-state index < -0.39 is 0 Å². The molecule has 7 aromatic heterocycles. The third-order valence-electron chi connectivity index (χ3n) is 14.9. The summed E-state index contributed by atoms with van der Waals surface area (Å²) in [5, 5.41) is 0. The molecule has 544 valence electrons. The fraction of sp³-hybridized carbons (Fsp3) is 0.122. The van der Waals surface area contributed by atoms with Crippen molar-refractivity contribution in [1.82, 2.24) is 49.8 Å². The van der Waals surface area contributed by atoms with E-state index in [4.69, 9.17) is 0 Å². The van der Waals surface area contributed by atoms with E-state index in [9.17, 15) is 0 Å². The van der Waals surface area contributed by atoms with Crippen LogP contribution in [-0.4, -0.2) is 49.8 Å². The minimum absolute atomic E-state index is 0.822. The summed E-state index contributed by atoms with van der Waals surface area (Å²) < 4.78 is 0. The zero-order chi connectivity index (χ0) is 77.3. The molecule has 9 aromatic carbocycles. The summed E-state index contributed by atoms with van der Waals surface area (Å²) in [7, 11) is 0. The van der Waals surface area contributed by atoms with E-state index in [-0.39, 0.29) is 0 Å². The first-order valence-corrected chi connectivity index (χ1v) is 35.8. The van der Waals surface area contributed by atoms with Crippen molar-refractivity contribution in [1.29, 1.82) is 0 Å². The summed E-state index contributed by atoms with van der Waals surface area (Å²) >= 11 is 0. The van der Waals surface area contributed by atoms with Crippen LogP contribution in [0.25, 0.3) is 44.6 Å². The first kappa shape index (κ1) is 85.5. The Morgan fingerprint density at radius 3 is 0.861 bits per heavy atom. The lowest BCUT2D eigenvalue weighted by atomic mass is 10.0. The average molecular weight is 1420 g/mol. The maximum Gasteiger partial charge on any atom is 0.125 e. The Morgan fingerprint density at radius 1 is 0.185 bits per heavy atom. The number of hydrogen-bond acceptors (Lipinski definition) is 10. The lowest BCUT2D eigenvalue weighted by molar-refractivity contribution is 1.05. The molecule has 0 bridgehead atoms. The van der Waals surface area contributed by atoms with Gasteiger partial charge in [0, 0.05) is 85.1 Å². The molecule has 16 rings (SSSR count). The quantitative estimate of drug-likeness (QED) is 0.168. The Balaban J connectivity index is 0.000000214. The topological polar surface area (TPSA) is 129 Å². The van der Waals surface area contributed by atoms with Gasteiger partial charge in [0.05, 0.1) is 5.69 Å². The molecule has 0 saturated heterocycles. The molecule has 0 spiro atoms. The molecule has 7 heterocycles. The maximum atomic E-state index is 4.29. The van der Waals surface area contributed by atoms with Gasteiger partial charge in [-0.25, -0.2) is 29.9 Å². The molecular weight excluding hydrogens is 1320 g/mol. The Labute approximate surface area is 643 Å². The van der Waals surface area contributed by atoms with E-state index in [1.165, 1.54) is 84.2 Å². The van der Waals surface area contributed by atoms with Gasteiger partial charge in [0.1, 0.15) is 18.0 Å². The fourth-order valence-electron chi connectivity index (χ4n) is 9.22. The third kappa shape index (κ3) is 40.0. The molecule has 0 aliphatic heterocycles. The molecule has 0 saturated carbocycles. The second-order valence-corrected chi connectivity index (χ2v) is 24.5. The molecule has 0 aliphatic carbocycles. The van der Waals surface area contributed by atoms with Crippen molar-refractivity contribution in [3.8, 4) is 44.6 Å². The normalized spacial score (nSPS) is 9.30. The van der Waals surface area contributed by atoms with Crippen LogP contribution in [0.15, 0.2) is 402 Å². The van der Waals surface area contributed by atoms with Gasteiger partial charge >= 0.3 is 0 Å². The molecule has 10 heteroatoms. The summed E-state index contributed by atoms with van der Waals surface area (Å²) in [5.74, 6) is 1.64. The van der Waals surface area contributed by atoms with Crippen molar-refractivity contribution in [2.24, 2.45) is 0 Å². The highest BCUT2D eigenvalue weighted by Gasteiger charge is 2.00. The molecule has 0 unspecified atom stereocenters. The monoisotopic (exact) mass is 1420 g/mol. The van der Waals surface area contributed by atoms with E-state index >= 15 is 0 Å². The van der Waals surface area contributed by atoms with Gasteiger partial charge in [-0.05, 0) is 194 Å². The zero-order valence-electron chi connectivity index (χ0n) is 64.6. The van der Waals surface area contributed by atoms with Gasteiger partial charge in [0.25, 0.3) is 0 Å². The number of benzene rings is 9. The summed E-state index contributed by atoms with van der Waals surface area (Å²) in [6.45, 7) is 24.3. The van der Waals surface area contributed by atoms with Gasteiger partial charge < -0.3 is 0 Å². The molecule has 0 atom stereocenters. The SMILES string of the molecule is Cc1ccc(-c2ccccc2)cc1.Cc1cccc(-c2ccccc2)c1.Cc1cccc(-c2ccccn2)c1.Cc1ccccc1.Cc1ccccc1.Cc1ccccc1-c1ccccc1.Cc1ccccn1.Cc1ccccn1.Cc1cccnc1.Cc1cncnc1.Cc1ncccn1.Cc1ncccn1. The highest BCUT2D eigenvalue weighted by Crippen LogP contribution is 2.23. The van der Waals surface area contributed by atoms with Crippen LogP contribution in [0.4, 0.5) is 0 Å². The third-order valence-corrected chi connectivity index (χ3v) is 14.9. The Bertz CT molecular complexity index is 4260. The first-order chi connectivity index (χ1) is 52.6. The van der Waals surface area contributed by atoms with Gasteiger partial charge in [-0.3, -0.25) is 19.9 Å². The first-order valence-electron chi connectivity index (χ1n) is 35.8. The molecule has 16 aromatic rings. The van der Waals surface area contributed by atoms with Gasteiger partial charge in [-0.15, -0.1) is 0 Å². The highest BCUT2D eigenvalue weighted by atomic mass is 14.8. The standard InChI is InChI=1S/3C13H12.C12H11N.2C7H8.3C6H7N.3C5H6N2/c1-11-7-5-6-10-13(11)12-8-3-2-4-9-12;1-11-6-5-9-13(10-11)12-7-3-2-4-8-12;1-11-7-9-13(10-8-11)12-5-3-2-4-6-12;1-10-5-4-6-11(9-10)12-7-2-3-8-13-12;2*1-7-5-3-2-4-6-7;1-6-3-2-4-7-5-6;2*1-6-4-2-3-5-7-6;1-5-2-6-4-7-3-5;2*1-5-6-3-2-4-7-5/h3*2-10H,1H3;2-9H,1H3;2*2-6H,1H3;3*2-5H,1H3;3*2-4H,1H3. The number of pyridine rings is 4. The summed E-state index contributed by atoms with van der Waals surface area (Å²) in [5.41, 5.74) is 22.3. The van der Waals surface area contributed by atoms with Crippen molar-refractivity contribution in [3.63, 3.8) is 0 Å². The van der Waals surface area contributed by atoms with Crippen LogP contribution >= 0.6 is 0 Å². The van der Waals surface area contributed by atoms with E-state index in [0.717, 1.165) is 34.3 Å². The second kappa shape index (κ2) is 53.6. The molecular formula is C98H102N10. The van der Waals surface area contributed by atoms with Crippen molar-refractivity contribution in [2.45, 2.75) is 83.1 Å². The molecule has 0 aliphatic rings. The van der Waals surface area contributed by atoms with Crippen LogP contribution in [0.1, 0.15) is 67.5 Å². The lowest BCUT2D eigenvalue weighted by Crippen LogP contribution is -1.81. The van der Waals surface area contributed by atoms with Crippen LogP contribution in [0, 0.1) is 83.1 Å². The largest absolute Gasteiger partial charge is 0.264 e. The predicted molar refractivity (Wildman–Crippen MR) is 454 cm³/mol. The Hall–Kier alpha value is -13.2.